The van der Waals surface area contributed by atoms with Crippen molar-refractivity contribution in [3.63, 3.8) is 0 Å². The maximum absolute atomic E-state index is 12.8. The smallest absolute Gasteiger partial charge is 0.245 e. The van der Waals surface area contributed by atoms with Crippen molar-refractivity contribution in [3.05, 3.63) is 11.6 Å². The van der Waals surface area contributed by atoms with E-state index in [1.54, 1.807) is 30.3 Å². The monoisotopic (exact) mass is 388 g/mol. The summed E-state index contributed by atoms with van der Waals surface area (Å²) in [5.41, 5.74) is -0.714. The van der Waals surface area contributed by atoms with E-state index >= 15 is 0 Å². The number of morpholine rings is 1. The molecule has 0 spiro atoms. The molecule has 0 atom stereocenters. The Labute approximate surface area is 157 Å². The summed E-state index contributed by atoms with van der Waals surface area (Å²) in [6, 6.07) is 0. The molecule has 0 bridgehead atoms. The largest absolute Gasteiger partial charge is 0.379 e. The van der Waals surface area contributed by atoms with Crippen molar-refractivity contribution in [2.24, 2.45) is 5.41 Å². The molecule has 1 aliphatic heterocycles. The van der Waals surface area contributed by atoms with Gasteiger partial charge in [0.1, 0.15) is 0 Å². The molecule has 1 fully saturated rings. The fourth-order valence-corrected chi connectivity index (χ4v) is 3.10. The van der Waals surface area contributed by atoms with E-state index in [1.807, 2.05) is 0 Å². The molecule has 1 aliphatic rings. The minimum absolute atomic E-state index is 0.0108. The Kier molecular flexibility index (Phi) is 7.61. The molecule has 2 heterocycles. The summed E-state index contributed by atoms with van der Waals surface area (Å²) in [7, 11) is 0. The van der Waals surface area contributed by atoms with Crippen LogP contribution in [0.2, 0.25) is 0 Å². The number of amides is 2. The molecule has 0 radical (unpaired) electrons. The first-order valence-electron chi connectivity index (χ1n) is 8.27. The van der Waals surface area contributed by atoms with E-state index in [0.717, 1.165) is 13.1 Å². The van der Waals surface area contributed by atoms with Crippen LogP contribution in [0.1, 0.15) is 13.8 Å². The summed E-state index contributed by atoms with van der Waals surface area (Å²) in [4.78, 5) is 32.9. The molecule has 1 aromatic heterocycles. The standard InChI is InChI=1S/C16H25ClN4O3S/c1-16(2,12-17)14(23)21(5-4-20-6-8-24-9-7-20)11-13(22)19-15-18-3-10-25-15/h3,10H,4-9,11-12H2,1-2H3,(H,18,19,22). The minimum Gasteiger partial charge on any atom is -0.379 e. The fraction of sp³-hybridized carbons (Fsp3) is 0.688. The zero-order chi connectivity index (χ0) is 18.3. The molecule has 2 amide bonds. The number of carbonyl (C=O) groups is 2. The number of anilines is 1. The highest BCUT2D eigenvalue weighted by Gasteiger charge is 2.32. The number of halogens is 1. The number of aromatic nitrogens is 1. The van der Waals surface area contributed by atoms with Gasteiger partial charge in [-0.25, -0.2) is 4.98 Å². The van der Waals surface area contributed by atoms with Crippen LogP contribution in [0.25, 0.3) is 0 Å². The molecule has 140 valence electrons. The Hall–Kier alpha value is -1.22. The van der Waals surface area contributed by atoms with Crippen molar-refractivity contribution < 1.29 is 14.3 Å². The van der Waals surface area contributed by atoms with Crippen LogP contribution in [-0.2, 0) is 14.3 Å². The molecule has 25 heavy (non-hydrogen) atoms. The SMILES string of the molecule is CC(C)(CCl)C(=O)N(CCN1CCOCC1)CC(=O)Nc1nccs1. The number of hydrogen-bond donors (Lipinski definition) is 1. The third-order valence-electron chi connectivity index (χ3n) is 4.00. The maximum Gasteiger partial charge on any atom is 0.245 e. The van der Waals surface area contributed by atoms with Crippen molar-refractivity contribution >= 4 is 39.9 Å². The van der Waals surface area contributed by atoms with Gasteiger partial charge in [0, 0.05) is 43.6 Å². The van der Waals surface area contributed by atoms with Gasteiger partial charge in [0.25, 0.3) is 0 Å². The predicted molar refractivity (Wildman–Crippen MR) is 99.1 cm³/mol. The highest BCUT2D eigenvalue weighted by atomic mass is 35.5. The summed E-state index contributed by atoms with van der Waals surface area (Å²) in [5, 5.41) is 5.04. The van der Waals surface area contributed by atoms with Gasteiger partial charge in [-0.05, 0) is 13.8 Å². The van der Waals surface area contributed by atoms with Crippen LogP contribution >= 0.6 is 22.9 Å². The Bertz CT molecular complexity index is 562. The fourth-order valence-electron chi connectivity index (χ4n) is 2.44. The molecular formula is C16H25ClN4O3S. The maximum atomic E-state index is 12.8. The van der Waals surface area contributed by atoms with Crippen LogP contribution in [0.5, 0.6) is 0 Å². The van der Waals surface area contributed by atoms with Crippen LogP contribution in [0, 0.1) is 5.41 Å². The van der Waals surface area contributed by atoms with E-state index in [2.05, 4.69) is 15.2 Å². The molecule has 1 aromatic rings. The minimum atomic E-state index is -0.714. The Morgan fingerprint density at radius 1 is 1.44 bits per heavy atom. The van der Waals surface area contributed by atoms with E-state index in [-0.39, 0.29) is 24.2 Å². The lowest BCUT2D eigenvalue weighted by Gasteiger charge is -2.33. The van der Waals surface area contributed by atoms with Gasteiger partial charge in [0.15, 0.2) is 5.13 Å². The molecule has 1 saturated heterocycles. The third-order valence-corrected chi connectivity index (χ3v) is 5.36. The first kappa shape index (κ1) is 20.1. The van der Waals surface area contributed by atoms with E-state index in [4.69, 9.17) is 16.3 Å². The summed E-state index contributed by atoms with van der Waals surface area (Å²) in [6.45, 7) is 7.84. The van der Waals surface area contributed by atoms with Gasteiger partial charge in [-0.1, -0.05) is 0 Å². The van der Waals surface area contributed by atoms with Crippen LogP contribution in [-0.4, -0.2) is 78.4 Å². The highest BCUT2D eigenvalue weighted by Crippen LogP contribution is 2.21. The first-order valence-corrected chi connectivity index (χ1v) is 9.68. The second-order valence-corrected chi connectivity index (χ2v) is 7.75. The van der Waals surface area contributed by atoms with E-state index in [1.165, 1.54) is 11.3 Å². The van der Waals surface area contributed by atoms with Crippen molar-refractivity contribution in [3.8, 4) is 0 Å². The summed E-state index contributed by atoms with van der Waals surface area (Å²) < 4.78 is 5.34. The Morgan fingerprint density at radius 2 is 2.16 bits per heavy atom. The van der Waals surface area contributed by atoms with Crippen molar-refractivity contribution in [2.45, 2.75) is 13.8 Å². The lowest BCUT2D eigenvalue weighted by atomic mass is 9.94. The van der Waals surface area contributed by atoms with Gasteiger partial charge < -0.3 is 15.0 Å². The lowest BCUT2D eigenvalue weighted by Crippen LogP contribution is -2.49. The molecule has 0 unspecified atom stereocenters. The predicted octanol–water partition coefficient (Wildman–Crippen LogP) is 1.51. The molecule has 2 rings (SSSR count). The molecule has 9 heteroatoms. The topological polar surface area (TPSA) is 74.8 Å². The molecule has 0 saturated carbocycles. The van der Waals surface area contributed by atoms with Gasteiger partial charge in [0.05, 0.1) is 25.2 Å². The first-order chi connectivity index (χ1) is 11.9. The number of nitrogens with one attached hydrogen (secondary N) is 1. The zero-order valence-corrected chi connectivity index (χ0v) is 16.2. The number of alkyl halides is 1. The highest BCUT2D eigenvalue weighted by molar-refractivity contribution is 7.13. The van der Waals surface area contributed by atoms with Crippen LogP contribution in [0.15, 0.2) is 11.6 Å². The third kappa shape index (κ3) is 6.22. The van der Waals surface area contributed by atoms with Crippen LogP contribution in [0.4, 0.5) is 5.13 Å². The summed E-state index contributed by atoms with van der Waals surface area (Å²) in [5.74, 6) is -0.172. The summed E-state index contributed by atoms with van der Waals surface area (Å²) in [6.07, 6.45) is 1.62. The number of carbonyl (C=O) groups excluding carboxylic acids is 2. The van der Waals surface area contributed by atoms with Crippen LogP contribution in [0.3, 0.4) is 0 Å². The van der Waals surface area contributed by atoms with Gasteiger partial charge in [-0.2, -0.15) is 0 Å². The second kappa shape index (κ2) is 9.47. The molecule has 1 N–H and O–H groups in total. The van der Waals surface area contributed by atoms with E-state index in [9.17, 15) is 9.59 Å². The number of nitrogens with zero attached hydrogens (tertiary/aromatic N) is 3. The molecule has 7 nitrogen and oxygen atoms in total. The van der Waals surface area contributed by atoms with Crippen molar-refractivity contribution in [2.75, 3.05) is 57.1 Å². The van der Waals surface area contributed by atoms with Gasteiger partial charge in [-0.15, -0.1) is 22.9 Å². The van der Waals surface area contributed by atoms with E-state index < -0.39 is 5.41 Å². The average Bonchev–Trinajstić information content (AvgIpc) is 3.11. The number of ether oxygens (including phenoxy) is 1. The average molecular weight is 389 g/mol. The van der Waals surface area contributed by atoms with Crippen molar-refractivity contribution in [1.82, 2.24) is 14.8 Å². The quantitative estimate of drug-likeness (QED) is 0.683. The number of hydrogen-bond acceptors (Lipinski definition) is 6. The van der Waals surface area contributed by atoms with Crippen molar-refractivity contribution in [1.29, 1.82) is 0 Å². The van der Waals surface area contributed by atoms with Gasteiger partial charge >= 0.3 is 0 Å². The molecule has 0 aliphatic carbocycles. The molecular weight excluding hydrogens is 364 g/mol. The normalized spacial score (nSPS) is 15.8. The zero-order valence-electron chi connectivity index (χ0n) is 14.7. The van der Waals surface area contributed by atoms with Gasteiger partial charge in [0.2, 0.25) is 11.8 Å². The Morgan fingerprint density at radius 3 is 2.76 bits per heavy atom. The number of thiazole rings is 1. The molecule has 0 aromatic carbocycles. The number of rotatable bonds is 8. The van der Waals surface area contributed by atoms with Gasteiger partial charge in [-0.3, -0.25) is 14.5 Å². The van der Waals surface area contributed by atoms with E-state index in [0.29, 0.717) is 31.4 Å². The van der Waals surface area contributed by atoms with Crippen LogP contribution < -0.4 is 5.32 Å². The summed E-state index contributed by atoms with van der Waals surface area (Å²) >= 11 is 7.29. The second-order valence-electron chi connectivity index (χ2n) is 6.58. The Balaban J connectivity index is 1.97. The lowest BCUT2D eigenvalue weighted by molar-refractivity contribution is -0.142.